The van der Waals surface area contributed by atoms with Crippen LogP contribution in [0.15, 0.2) is 24.3 Å². The summed E-state index contributed by atoms with van der Waals surface area (Å²) >= 11 is 5.86. The number of amides is 1. The van der Waals surface area contributed by atoms with E-state index >= 15 is 0 Å². The standard InChI is InChI=1S/C15H15ClF3NO2/c16-13-5-4-11(15(17,18)19)8-10(13)3-6-14(22)20-7-1-2-12(20)9-21/h3-6,8,12,21H,1-2,7,9H2/b6-3+/t12-/m1/s1. The maximum atomic E-state index is 12.7. The number of hydrogen-bond donors (Lipinski definition) is 1. The van der Waals surface area contributed by atoms with Gasteiger partial charge in [0.2, 0.25) is 5.91 Å². The van der Waals surface area contributed by atoms with Gasteiger partial charge in [0.25, 0.3) is 0 Å². The van der Waals surface area contributed by atoms with Crippen LogP contribution >= 0.6 is 11.6 Å². The average Bonchev–Trinajstić information content (AvgIpc) is 2.93. The summed E-state index contributed by atoms with van der Waals surface area (Å²) in [5, 5.41) is 9.31. The molecule has 0 spiro atoms. The molecule has 1 atom stereocenters. The molecule has 0 aromatic heterocycles. The van der Waals surface area contributed by atoms with Crippen LogP contribution in [0.4, 0.5) is 13.2 Å². The summed E-state index contributed by atoms with van der Waals surface area (Å²) in [5.41, 5.74) is -0.692. The van der Waals surface area contributed by atoms with Gasteiger partial charge in [-0.05, 0) is 42.7 Å². The Morgan fingerprint density at radius 3 is 2.82 bits per heavy atom. The Morgan fingerprint density at radius 2 is 2.18 bits per heavy atom. The minimum atomic E-state index is -4.46. The minimum absolute atomic E-state index is 0.121. The number of rotatable bonds is 3. The second-order valence-electron chi connectivity index (χ2n) is 5.08. The second-order valence-corrected chi connectivity index (χ2v) is 5.48. The van der Waals surface area contributed by atoms with Gasteiger partial charge in [-0.3, -0.25) is 4.79 Å². The molecule has 1 aliphatic heterocycles. The van der Waals surface area contributed by atoms with Crippen molar-refractivity contribution in [2.45, 2.75) is 25.1 Å². The highest BCUT2D eigenvalue weighted by atomic mass is 35.5. The molecule has 7 heteroatoms. The van der Waals surface area contributed by atoms with E-state index in [1.54, 1.807) is 0 Å². The van der Waals surface area contributed by atoms with E-state index in [1.165, 1.54) is 17.1 Å². The molecule has 0 bridgehead atoms. The summed E-state index contributed by atoms with van der Waals surface area (Å²) in [4.78, 5) is 13.6. The molecule has 1 aromatic carbocycles. The number of likely N-dealkylation sites (tertiary alicyclic amines) is 1. The van der Waals surface area contributed by atoms with Gasteiger partial charge in [-0.2, -0.15) is 13.2 Å². The first-order chi connectivity index (χ1) is 10.3. The Balaban J connectivity index is 2.17. The summed E-state index contributed by atoms with van der Waals surface area (Å²) in [6.45, 7) is 0.411. The van der Waals surface area contributed by atoms with Crippen LogP contribution in [0.3, 0.4) is 0 Å². The van der Waals surface area contributed by atoms with E-state index in [-0.39, 0.29) is 29.1 Å². The van der Waals surface area contributed by atoms with Gasteiger partial charge < -0.3 is 10.0 Å². The van der Waals surface area contributed by atoms with E-state index in [2.05, 4.69) is 0 Å². The molecule has 0 radical (unpaired) electrons. The number of halogens is 4. The molecule has 2 rings (SSSR count). The molecular weight excluding hydrogens is 319 g/mol. The van der Waals surface area contributed by atoms with E-state index in [0.717, 1.165) is 31.0 Å². The molecule has 0 aliphatic carbocycles. The Bertz CT molecular complexity index is 587. The summed E-state index contributed by atoms with van der Waals surface area (Å²) in [6, 6.07) is 2.72. The zero-order chi connectivity index (χ0) is 16.3. The van der Waals surface area contributed by atoms with Crippen LogP contribution in [-0.4, -0.2) is 35.1 Å². The Labute approximate surface area is 131 Å². The summed E-state index contributed by atoms with van der Waals surface area (Å²) < 4.78 is 38.0. The molecule has 1 amide bonds. The quantitative estimate of drug-likeness (QED) is 0.862. The van der Waals surface area contributed by atoms with Crippen molar-refractivity contribution in [2.24, 2.45) is 0 Å². The van der Waals surface area contributed by atoms with Crippen molar-refractivity contribution in [3.8, 4) is 0 Å². The normalized spacial score (nSPS) is 19.1. The molecule has 1 heterocycles. The van der Waals surface area contributed by atoms with Crippen molar-refractivity contribution in [3.63, 3.8) is 0 Å². The van der Waals surface area contributed by atoms with Crippen molar-refractivity contribution in [2.75, 3.05) is 13.2 Å². The lowest BCUT2D eigenvalue weighted by atomic mass is 10.1. The molecule has 3 nitrogen and oxygen atoms in total. The van der Waals surface area contributed by atoms with Crippen LogP contribution in [0.1, 0.15) is 24.0 Å². The van der Waals surface area contributed by atoms with Crippen LogP contribution in [0.2, 0.25) is 5.02 Å². The lowest BCUT2D eigenvalue weighted by molar-refractivity contribution is -0.137. The van der Waals surface area contributed by atoms with E-state index in [4.69, 9.17) is 11.6 Å². The molecule has 22 heavy (non-hydrogen) atoms. The predicted molar refractivity (Wildman–Crippen MR) is 77.3 cm³/mol. The molecule has 1 aliphatic rings. The molecule has 120 valence electrons. The van der Waals surface area contributed by atoms with Crippen LogP contribution in [0.25, 0.3) is 6.08 Å². The van der Waals surface area contributed by atoms with Gasteiger partial charge in [0.05, 0.1) is 18.2 Å². The van der Waals surface area contributed by atoms with E-state index in [0.29, 0.717) is 6.54 Å². The lowest BCUT2D eigenvalue weighted by Gasteiger charge is -2.21. The lowest BCUT2D eigenvalue weighted by Crippen LogP contribution is -2.36. The van der Waals surface area contributed by atoms with Gasteiger partial charge in [-0.25, -0.2) is 0 Å². The first kappa shape index (κ1) is 16.8. The van der Waals surface area contributed by atoms with Crippen LogP contribution in [0.5, 0.6) is 0 Å². The minimum Gasteiger partial charge on any atom is -0.394 e. The van der Waals surface area contributed by atoms with Gasteiger partial charge in [0.15, 0.2) is 0 Å². The topological polar surface area (TPSA) is 40.5 Å². The van der Waals surface area contributed by atoms with Gasteiger partial charge in [0.1, 0.15) is 0 Å². The fourth-order valence-corrected chi connectivity index (χ4v) is 2.60. The molecule has 0 unspecified atom stereocenters. The molecule has 1 aromatic rings. The van der Waals surface area contributed by atoms with Gasteiger partial charge in [-0.15, -0.1) is 0 Å². The van der Waals surface area contributed by atoms with Gasteiger partial charge in [0, 0.05) is 17.6 Å². The summed E-state index contributed by atoms with van der Waals surface area (Å²) in [5.74, 6) is -0.343. The highest BCUT2D eigenvalue weighted by Crippen LogP contribution is 2.32. The third-order valence-corrected chi connectivity index (χ3v) is 3.94. The number of carbonyl (C=O) groups excluding carboxylic acids is 1. The van der Waals surface area contributed by atoms with Gasteiger partial charge in [-0.1, -0.05) is 11.6 Å². The van der Waals surface area contributed by atoms with Crippen LogP contribution < -0.4 is 0 Å². The van der Waals surface area contributed by atoms with Crippen LogP contribution in [0, 0.1) is 0 Å². The largest absolute Gasteiger partial charge is 0.416 e. The Morgan fingerprint density at radius 1 is 1.45 bits per heavy atom. The highest BCUT2D eigenvalue weighted by Gasteiger charge is 2.31. The third-order valence-electron chi connectivity index (χ3n) is 3.60. The predicted octanol–water partition coefficient (Wildman–Crippen LogP) is 3.36. The SMILES string of the molecule is O=C(/C=C/c1cc(C(F)(F)F)ccc1Cl)N1CCC[C@@H]1CO. The number of benzene rings is 1. The van der Waals surface area contributed by atoms with Crippen molar-refractivity contribution >= 4 is 23.6 Å². The molecule has 1 N–H and O–H groups in total. The Hall–Kier alpha value is -1.53. The average molecular weight is 334 g/mol. The van der Waals surface area contributed by atoms with E-state index in [1.807, 2.05) is 0 Å². The molecule has 1 fully saturated rings. The van der Waals surface area contributed by atoms with E-state index < -0.39 is 11.7 Å². The van der Waals surface area contributed by atoms with Crippen LogP contribution in [-0.2, 0) is 11.0 Å². The van der Waals surface area contributed by atoms with Crippen molar-refractivity contribution in [3.05, 3.63) is 40.4 Å². The van der Waals surface area contributed by atoms with E-state index in [9.17, 15) is 23.1 Å². The molecule has 1 saturated heterocycles. The maximum absolute atomic E-state index is 12.7. The first-order valence-electron chi connectivity index (χ1n) is 6.79. The fourth-order valence-electron chi connectivity index (χ4n) is 2.42. The van der Waals surface area contributed by atoms with Crippen molar-refractivity contribution in [1.29, 1.82) is 0 Å². The highest BCUT2D eigenvalue weighted by molar-refractivity contribution is 6.32. The second kappa shape index (κ2) is 6.71. The summed E-state index contributed by atoms with van der Waals surface area (Å²) in [6.07, 6.45) is -0.481. The number of nitrogens with zero attached hydrogens (tertiary/aromatic N) is 1. The third kappa shape index (κ3) is 3.81. The summed E-state index contributed by atoms with van der Waals surface area (Å²) in [7, 11) is 0. The number of carbonyl (C=O) groups is 1. The monoisotopic (exact) mass is 333 g/mol. The molecule has 0 saturated carbocycles. The van der Waals surface area contributed by atoms with Crippen molar-refractivity contribution in [1.82, 2.24) is 4.90 Å². The zero-order valence-corrected chi connectivity index (χ0v) is 12.4. The molecular formula is C15H15ClF3NO2. The first-order valence-corrected chi connectivity index (χ1v) is 7.17. The number of aliphatic hydroxyl groups excluding tert-OH is 1. The number of alkyl halides is 3. The smallest absolute Gasteiger partial charge is 0.394 e. The number of hydrogen-bond acceptors (Lipinski definition) is 2. The van der Waals surface area contributed by atoms with Crippen molar-refractivity contribution < 1.29 is 23.1 Å². The fraction of sp³-hybridized carbons (Fsp3) is 0.400. The number of aliphatic hydroxyl groups is 1. The zero-order valence-electron chi connectivity index (χ0n) is 11.6. The van der Waals surface area contributed by atoms with Gasteiger partial charge >= 0.3 is 6.18 Å². The Kier molecular flexibility index (Phi) is 5.13. The maximum Gasteiger partial charge on any atom is 0.416 e.